The molecule has 2 N–H and O–H groups in total. The Bertz CT molecular complexity index is 1250. The van der Waals surface area contributed by atoms with Crippen LogP contribution in [0, 0.1) is 11.6 Å². The van der Waals surface area contributed by atoms with Gasteiger partial charge in [-0.3, -0.25) is 4.72 Å². The molecule has 1 heterocycles. The van der Waals surface area contributed by atoms with Crippen LogP contribution in [0.2, 0.25) is 0 Å². The zero-order chi connectivity index (χ0) is 24.3. The minimum absolute atomic E-state index is 0.0624. The van der Waals surface area contributed by atoms with E-state index in [0.29, 0.717) is 5.92 Å². The first kappa shape index (κ1) is 24.2. The van der Waals surface area contributed by atoms with Gasteiger partial charge in [-0.05, 0) is 48.2 Å². The van der Waals surface area contributed by atoms with Gasteiger partial charge in [0.1, 0.15) is 5.69 Å². The lowest BCUT2D eigenvalue weighted by Crippen LogP contribution is -2.29. The molecule has 33 heavy (non-hydrogen) atoms. The molecule has 0 bridgehead atoms. The third kappa shape index (κ3) is 6.28. The zero-order valence-electron chi connectivity index (χ0n) is 18.3. The molecule has 3 rings (SSSR count). The molecule has 176 valence electrons. The lowest BCUT2D eigenvalue weighted by Gasteiger charge is -2.15. The van der Waals surface area contributed by atoms with Gasteiger partial charge < -0.3 is 14.5 Å². The number of benzene rings is 2. The number of nitrogens with one attached hydrogen (secondary N) is 2. The summed E-state index contributed by atoms with van der Waals surface area (Å²) in [4.78, 5) is 16.4. The van der Waals surface area contributed by atoms with E-state index in [4.69, 9.17) is 9.15 Å². The Morgan fingerprint density at radius 2 is 1.76 bits per heavy atom. The summed E-state index contributed by atoms with van der Waals surface area (Å²) in [6.07, 6.45) is 1.03. The zero-order valence-corrected chi connectivity index (χ0v) is 19.2. The number of sulfonamides is 1. The summed E-state index contributed by atoms with van der Waals surface area (Å²) < 4.78 is 63.2. The first-order chi connectivity index (χ1) is 15.4. The smallest absolute Gasteiger partial charge is 0.414 e. The van der Waals surface area contributed by atoms with E-state index in [0.717, 1.165) is 29.5 Å². The van der Waals surface area contributed by atoms with Crippen LogP contribution in [0.15, 0.2) is 47.1 Å². The number of carbonyl (C=O) groups excluding carboxylic acids is 1. The van der Waals surface area contributed by atoms with Gasteiger partial charge in [-0.1, -0.05) is 26.0 Å². The molecule has 0 saturated heterocycles. The van der Waals surface area contributed by atoms with E-state index < -0.39 is 39.5 Å². The van der Waals surface area contributed by atoms with Crippen LogP contribution in [-0.2, 0) is 10.0 Å². The molecule has 1 aromatic heterocycles. The van der Waals surface area contributed by atoms with Crippen molar-refractivity contribution in [3.05, 3.63) is 65.4 Å². The van der Waals surface area contributed by atoms with Crippen LogP contribution in [0.25, 0.3) is 11.5 Å². The van der Waals surface area contributed by atoms with Crippen molar-refractivity contribution in [2.75, 3.05) is 11.0 Å². The average molecular weight is 480 g/mol. The molecule has 0 aliphatic carbocycles. The van der Waals surface area contributed by atoms with Crippen molar-refractivity contribution in [1.29, 1.82) is 0 Å². The highest BCUT2D eigenvalue weighted by atomic mass is 32.2. The third-order valence-corrected chi connectivity index (χ3v) is 5.24. The topological polar surface area (TPSA) is 111 Å². The molecule has 0 fully saturated rings. The summed E-state index contributed by atoms with van der Waals surface area (Å²) in [5, 5.41) is 2.43. The Morgan fingerprint density at radius 3 is 2.36 bits per heavy atom. The lowest BCUT2D eigenvalue weighted by molar-refractivity contribution is 0.195. The summed E-state index contributed by atoms with van der Waals surface area (Å²) in [5.41, 5.74) is 1.08. The van der Waals surface area contributed by atoms with Crippen LogP contribution in [0.3, 0.4) is 0 Å². The number of hydrogen-bond donors (Lipinski definition) is 2. The molecule has 1 amide bonds. The van der Waals surface area contributed by atoms with Crippen molar-refractivity contribution in [3.8, 4) is 17.3 Å². The van der Waals surface area contributed by atoms with Crippen LogP contribution in [0.1, 0.15) is 43.9 Å². The van der Waals surface area contributed by atoms with Gasteiger partial charge >= 0.3 is 6.09 Å². The summed E-state index contributed by atoms with van der Waals surface area (Å²) in [6.45, 7) is 5.59. The molecule has 0 spiro atoms. The fraction of sp³-hybridized carbons (Fsp3) is 0.273. The number of carbonyl (C=O) groups is 1. The molecule has 0 aliphatic rings. The minimum atomic E-state index is -3.87. The van der Waals surface area contributed by atoms with Crippen molar-refractivity contribution >= 4 is 21.8 Å². The Kier molecular flexibility index (Phi) is 7.01. The van der Waals surface area contributed by atoms with Crippen molar-refractivity contribution in [2.24, 2.45) is 0 Å². The highest BCUT2D eigenvalue weighted by Crippen LogP contribution is 2.27. The Hall–Kier alpha value is -3.47. The van der Waals surface area contributed by atoms with Crippen molar-refractivity contribution in [2.45, 2.75) is 32.7 Å². The first-order valence-corrected chi connectivity index (χ1v) is 11.8. The number of anilines is 1. The number of halogens is 2. The van der Waals surface area contributed by atoms with Crippen LogP contribution in [0.4, 0.5) is 19.3 Å². The van der Waals surface area contributed by atoms with Gasteiger partial charge in [0.15, 0.2) is 17.9 Å². The Morgan fingerprint density at radius 1 is 1.09 bits per heavy atom. The predicted molar refractivity (Wildman–Crippen MR) is 118 cm³/mol. The number of hydrogen-bond acceptors (Lipinski definition) is 6. The van der Waals surface area contributed by atoms with Crippen molar-refractivity contribution < 1.29 is 31.1 Å². The number of amides is 1. The molecule has 8 nitrogen and oxygen atoms in total. The molecule has 2 aromatic carbocycles. The third-order valence-electron chi connectivity index (χ3n) is 4.67. The molecular formula is C22H23F2N3O5S. The summed E-state index contributed by atoms with van der Waals surface area (Å²) in [5.74, 6) is -1.75. The summed E-state index contributed by atoms with van der Waals surface area (Å²) >= 11 is 0. The quantitative estimate of drug-likeness (QED) is 0.495. The van der Waals surface area contributed by atoms with Gasteiger partial charge in [0, 0.05) is 5.56 Å². The molecular weight excluding hydrogens is 456 g/mol. The van der Waals surface area contributed by atoms with Gasteiger partial charge in [0.25, 0.3) is 5.88 Å². The second-order valence-electron chi connectivity index (χ2n) is 7.76. The first-order valence-electron chi connectivity index (χ1n) is 9.94. The van der Waals surface area contributed by atoms with Crippen LogP contribution < -0.4 is 14.8 Å². The van der Waals surface area contributed by atoms with Gasteiger partial charge in [0.2, 0.25) is 15.9 Å². The predicted octanol–water partition coefficient (Wildman–Crippen LogP) is 4.96. The van der Waals surface area contributed by atoms with E-state index in [1.54, 1.807) is 4.72 Å². The monoisotopic (exact) mass is 479 g/mol. The SMILES string of the molecule is CC(C)c1cccc(-c2nc(OC(=O)NC(C)c3cc(F)c(NS(C)(=O)=O)c(F)c3)co2)c1. The van der Waals surface area contributed by atoms with Gasteiger partial charge in [0.05, 0.1) is 12.3 Å². The molecule has 1 atom stereocenters. The number of ether oxygens (including phenoxy) is 1. The molecule has 0 aliphatic heterocycles. The van der Waals surface area contributed by atoms with Crippen molar-refractivity contribution in [3.63, 3.8) is 0 Å². The van der Waals surface area contributed by atoms with E-state index in [9.17, 15) is 22.0 Å². The molecule has 11 heteroatoms. The molecule has 0 radical (unpaired) electrons. The van der Waals surface area contributed by atoms with Gasteiger partial charge in [-0.15, -0.1) is 0 Å². The maximum atomic E-state index is 14.2. The van der Waals surface area contributed by atoms with Crippen LogP contribution in [-0.4, -0.2) is 25.8 Å². The highest BCUT2D eigenvalue weighted by Gasteiger charge is 2.20. The summed E-state index contributed by atoms with van der Waals surface area (Å²) in [6, 6.07) is 8.57. The number of rotatable bonds is 7. The second-order valence-corrected chi connectivity index (χ2v) is 9.51. The van der Waals surface area contributed by atoms with Gasteiger partial charge in [-0.2, -0.15) is 4.98 Å². The van der Waals surface area contributed by atoms with Crippen LogP contribution >= 0.6 is 0 Å². The fourth-order valence-corrected chi connectivity index (χ4v) is 3.55. The second kappa shape index (κ2) is 9.57. The van der Waals surface area contributed by atoms with Gasteiger partial charge in [-0.25, -0.2) is 22.0 Å². The minimum Gasteiger partial charge on any atom is -0.440 e. The number of aromatic nitrogens is 1. The Labute approximate surface area is 190 Å². The molecule has 3 aromatic rings. The number of oxazole rings is 1. The molecule has 0 saturated carbocycles. The standard InChI is InChI=1S/C22H23F2N3O5S/c1-12(2)14-6-5-7-15(8-14)21-26-19(11-31-21)32-22(28)25-13(3)16-9-17(23)20(18(24)10-16)27-33(4,29)30/h5-13,27H,1-4H3,(H,25,28). The summed E-state index contributed by atoms with van der Waals surface area (Å²) in [7, 11) is -3.87. The number of nitrogens with zero attached hydrogens (tertiary/aromatic N) is 1. The lowest BCUT2D eigenvalue weighted by atomic mass is 10.0. The van der Waals surface area contributed by atoms with E-state index in [-0.39, 0.29) is 17.3 Å². The van der Waals surface area contributed by atoms with E-state index in [2.05, 4.69) is 24.1 Å². The Balaban J connectivity index is 1.67. The van der Waals surface area contributed by atoms with E-state index in [1.165, 1.54) is 13.2 Å². The van der Waals surface area contributed by atoms with Crippen molar-refractivity contribution in [1.82, 2.24) is 10.3 Å². The maximum absolute atomic E-state index is 14.2. The normalized spacial score (nSPS) is 12.5. The van der Waals surface area contributed by atoms with Crippen LogP contribution in [0.5, 0.6) is 5.88 Å². The average Bonchev–Trinajstić information content (AvgIpc) is 3.18. The highest BCUT2D eigenvalue weighted by molar-refractivity contribution is 7.92. The largest absolute Gasteiger partial charge is 0.440 e. The van der Waals surface area contributed by atoms with E-state index >= 15 is 0 Å². The fourth-order valence-electron chi connectivity index (χ4n) is 2.98. The molecule has 1 unspecified atom stereocenters. The van der Waals surface area contributed by atoms with E-state index in [1.807, 2.05) is 24.3 Å². The maximum Gasteiger partial charge on any atom is 0.414 e.